The number of nitrogen functional groups attached to an aromatic ring is 1. The molecule has 0 atom stereocenters. The fourth-order valence-corrected chi connectivity index (χ4v) is 2.00. The van der Waals surface area contributed by atoms with Crippen molar-refractivity contribution in [3.63, 3.8) is 0 Å². The second-order valence-corrected chi connectivity index (χ2v) is 4.62. The molecule has 0 aliphatic heterocycles. The summed E-state index contributed by atoms with van der Waals surface area (Å²) in [5, 5.41) is 0. The highest BCUT2D eigenvalue weighted by Gasteiger charge is 2.11. The van der Waals surface area contributed by atoms with Crippen LogP contribution >= 0.6 is 0 Å². The van der Waals surface area contributed by atoms with Crippen LogP contribution in [-0.2, 0) is 0 Å². The third-order valence-corrected chi connectivity index (χ3v) is 3.14. The number of hydrogen-bond acceptors (Lipinski definition) is 4. The molecule has 4 nitrogen and oxygen atoms in total. The van der Waals surface area contributed by atoms with Crippen LogP contribution in [0.4, 0.5) is 15.8 Å². The van der Waals surface area contributed by atoms with E-state index in [-0.39, 0.29) is 5.69 Å². The Kier molecular flexibility index (Phi) is 4.10. The van der Waals surface area contributed by atoms with Gasteiger partial charge in [-0.05, 0) is 35.4 Å². The minimum atomic E-state index is -0.446. The molecule has 0 radical (unpaired) electrons. The van der Waals surface area contributed by atoms with Gasteiger partial charge in [-0.25, -0.2) is 4.39 Å². The average molecular weight is 275 g/mol. The summed E-state index contributed by atoms with van der Waals surface area (Å²) >= 11 is 0. The van der Waals surface area contributed by atoms with Crippen molar-refractivity contribution in [3.05, 3.63) is 42.2 Å². The maximum atomic E-state index is 14.0. The maximum absolute atomic E-state index is 14.0. The van der Waals surface area contributed by atoms with Crippen molar-refractivity contribution in [2.24, 2.45) is 5.84 Å². The zero-order chi connectivity index (χ0) is 14.7. The van der Waals surface area contributed by atoms with E-state index in [1.165, 1.54) is 13.2 Å². The minimum Gasteiger partial charge on any atom is -0.494 e. The molecule has 2 aromatic rings. The number of ether oxygens (including phenoxy) is 1. The quantitative estimate of drug-likeness (QED) is 0.665. The summed E-state index contributed by atoms with van der Waals surface area (Å²) in [6.07, 6.45) is 0. The standard InChI is InChI=1S/C15H18FN3O/c1-19(2)12-6-4-10(5-7-12)11-8-13(16)15(18-17)14(9-11)20-3/h4-9,18H,17H2,1-3H3. The van der Waals surface area contributed by atoms with E-state index in [1.807, 2.05) is 43.3 Å². The van der Waals surface area contributed by atoms with Crippen LogP contribution in [0.3, 0.4) is 0 Å². The van der Waals surface area contributed by atoms with Crippen LogP contribution in [0.2, 0.25) is 0 Å². The number of rotatable bonds is 4. The lowest BCUT2D eigenvalue weighted by Crippen LogP contribution is -2.10. The van der Waals surface area contributed by atoms with E-state index in [4.69, 9.17) is 10.6 Å². The molecule has 0 bridgehead atoms. The normalized spacial score (nSPS) is 10.2. The fraction of sp³-hybridized carbons (Fsp3) is 0.200. The van der Waals surface area contributed by atoms with Gasteiger partial charge in [0.05, 0.1) is 7.11 Å². The highest BCUT2D eigenvalue weighted by Crippen LogP contribution is 2.33. The Balaban J connectivity index is 2.44. The van der Waals surface area contributed by atoms with Crippen LogP contribution in [0, 0.1) is 5.82 Å². The summed E-state index contributed by atoms with van der Waals surface area (Å²) in [6, 6.07) is 11.0. The van der Waals surface area contributed by atoms with Crippen LogP contribution in [0.5, 0.6) is 5.75 Å². The molecule has 0 saturated carbocycles. The van der Waals surface area contributed by atoms with Gasteiger partial charge in [-0.15, -0.1) is 0 Å². The fourth-order valence-electron chi connectivity index (χ4n) is 2.00. The van der Waals surface area contributed by atoms with E-state index < -0.39 is 5.82 Å². The summed E-state index contributed by atoms with van der Waals surface area (Å²) in [7, 11) is 5.42. The van der Waals surface area contributed by atoms with Crippen LogP contribution < -0.4 is 20.9 Å². The van der Waals surface area contributed by atoms with Crippen molar-refractivity contribution < 1.29 is 9.13 Å². The molecule has 106 valence electrons. The van der Waals surface area contributed by atoms with Gasteiger partial charge in [0.1, 0.15) is 11.4 Å². The first-order valence-corrected chi connectivity index (χ1v) is 6.18. The Morgan fingerprint density at radius 1 is 1.10 bits per heavy atom. The summed E-state index contributed by atoms with van der Waals surface area (Å²) in [5.41, 5.74) is 5.20. The number of hydrazine groups is 1. The van der Waals surface area contributed by atoms with Gasteiger partial charge in [-0.1, -0.05) is 12.1 Å². The molecule has 0 amide bonds. The number of anilines is 2. The molecular formula is C15H18FN3O. The SMILES string of the molecule is COc1cc(-c2ccc(N(C)C)cc2)cc(F)c1NN. The molecule has 2 rings (SSSR count). The van der Waals surface area contributed by atoms with Crippen molar-refractivity contribution in [3.8, 4) is 16.9 Å². The Labute approximate surface area is 117 Å². The van der Waals surface area contributed by atoms with Gasteiger partial charge in [0.25, 0.3) is 0 Å². The second-order valence-electron chi connectivity index (χ2n) is 4.62. The summed E-state index contributed by atoms with van der Waals surface area (Å²) in [6.45, 7) is 0. The molecular weight excluding hydrogens is 257 g/mol. The maximum Gasteiger partial charge on any atom is 0.152 e. The number of benzene rings is 2. The lowest BCUT2D eigenvalue weighted by Gasteiger charge is -2.14. The third kappa shape index (κ3) is 2.67. The lowest BCUT2D eigenvalue weighted by molar-refractivity contribution is 0.414. The van der Waals surface area contributed by atoms with Crippen LogP contribution in [0.25, 0.3) is 11.1 Å². The van der Waals surface area contributed by atoms with E-state index >= 15 is 0 Å². The van der Waals surface area contributed by atoms with Gasteiger partial charge in [0, 0.05) is 19.8 Å². The number of nitrogens with two attached hydrogens (primary N) is 1. The van der Waals surface area contributed by atoms with Crippen molar-refractivity contribution in [2.45, 2.75) is 0 Å². The highest BCUT2D eigenvalue weighted by atomic mass is 19.1. The van der Waals surface area contributed by atoms with E-state index in [2.05, 4.69) is 5.43 Å². The average Bonchev–Trinajstić information content (AvgIpc) is 2.46. The Bertz CT molecular complexity index is 597. The predicted molar refractivity (Wildman–Crippen MR) is 80.5 cm³/mol. The first kappa shape index (κ1) is 14.1. The number of halogens is 1. The monoisotopic (exact) mass is 275 g/mol. The number of methoxy groups -OCH3 is 1. The number of nitrogens with zero attached hydrogens (tertiary/aromatic N) is 1. The molecule has 0 aliphatic carbocycles. The lowest BCUT2D eigenvalue weighted by atomic mass is 10.0. The molecule has 0 saturated heterocycles. The van der Waals surface area contributed by atoms with Gasteiger partial charge in [0.2, 0.25) is 0 Å². The summed E-state index contributed by atoms with van der Waals surface area (Å²) < 4.78 is 19.1. The smallest absolute Gasteiger partial charge is 0.152 e. The van der Waals surface area contributed by atoms with Crippen molar-refractivity contribution >= 4 is 11.4 Å². The van der Waals surface area contributed by atoms with Gasteiger partial charge in [-0.3, -0.25) is 5.84 Å². The molecule has 3 N–H and O–H groups in total. The van der Waals surface area contributed by atoms with Crippen molar-refractivity contribution in [2.75, 3.05) is 31.5 Å². The van der Waals surface area contributed by atoms with E-state index in [9.17, 15) is 4.39 Å². The Morgan fingerprint density at radius 3 is 2.25 bits per heavy atom. The first-order valence-electron chi connectivity index (χ1n) is 6.18. The topological polar surface area (TPSA) is 50.5 Å². The number of nitrogens with one attached hydrogen (secondary N) is 1. The van der Waals surface area contributed by atoms with Crippen LogP contribution in [0.1, 0.15) is 0 Å². The predicted octanol–water partition coefficient (Wildman–Crippen LogP) is 2.85. The summed E-state index contributed by atoms with van der Waals surface area (Å²) in [5.74, 6) is 5.22. The molecule has 0 fully saturated rings. The van der Waals surface area contributed by atoms with E-state index in [0.29, 0.717) is 5.75 Å². The minimum absolute atomic E-state index is 0.154. The third-order valence-electron chi connectivity index (χ3n) is 3.14. The molecule has 20 heavy (non-hydrogen) atoms. The molecule has 0 aromatic heterocycles. The molecule has 5 heteroatoms. The van der Waals surface area contributed by atoms with Crippen LogP contribution in [0.15, 0.2) is 36.4 Å². The zero-order valence-electron chi connectivity index (χ0n) is 11.8. The second kappa shape index (κ2) is 5.79. The summed E-state index contributed by atoms with van der Waals surface area (Å²) in [4.78, 5) is 2.01. The molecule has 0 unspecified atom stereocenters. The molecule has 0 spiro atoms. The molecule has 0 aliphatic rings. The largest absolute Gasteiger partial charge is 0.494 e. The van der Waals surface area contributed by atoms with Gasteiger partial charge in [0.15, 0.2) is 5.82 Å². The van der Waals surface area contributed by atoms with Crippen molar-refractivity contribution in [1.29, 1.82) is 0 Å². The van der Waals surface area contributed by atoms with Gasteiger partial charge < -0.3 is 15.1 Å². The number of hydrogen-bond donors (Lipinski definition) is 2. The Hall–Kier alpha value is -2.27. The van der Waals surface area contributed by atoms with Crippen LogP contribution in [-0.4, -0.2) is 21.2 Å². The first-order chi connectivity index (χ1) is 9.56. The van der Waals surface area contributed by atoms with E-state index in [0.717, 1.165) is 16.8 Å². The van der Waals surface area contributed by atoms with Gasteiger partial charge >= 0.3 is 0 Å². The molecule has 2 aromatic carbocycles. The Morgan fingerprint density at radius 2 is 1.75 bits per heavy atom. The van der Waals surface area contributed by atoms with Gasteiger partial charge in [-0.2, -0.15) is 0 Å². The molecule has 0 heterocycles. The van der Waals surface area contributed by atoms with E-state index in [1.54, 1.807) is 6.07 Å². The zero-order valence-corrected chi connectivity index (χ0v) is 11.8. The highest BCUT2D eigenvalue weighted by molar-refractivity contribution is 5.72. The van der Waals surface area contributed by atoms with Crippen molar-refractivity contribution in [1.82, 2.24) is 0 Å².